The van der Waals surface area contributed by atoms with Crippen LogP contribution in [-0.2, 0) is 0 Å². The lowest BCUT2D eigenvalue weighted by molar-refractivity contribution is 0.398. The fourth-order valence-electron chi connectivity index (χ4n) is 1.75. The van der Waals surface area contributed by atoms with Gasteiger partial charge >= 0.3 is 0 Å². The second-order valence-corrected chi connectivity index (χ2v) is 4.04. The quantitative estimate of drug-likeness (QED) is 0.908. The van der Waals surface area contributed by atoms with E-state index in [0.717, 1.165) is 32.8 Å². The van der Waals surface area contributed by atoms with Crippen LogP contribution in [0.1, 0.15) is 11.1 Å². The van der Waals surface area contributed by atoms with Crippen molar-refractivity contribution >= 4 is 44.7 Å². The lowest BCUT2D eigenvalue weighted by Gasteiger charge is -2.25. The molecule has 0 aliphatic heterocycles. The van der Waals surface area contributed by atoms with Gasteiger partial charge in [-0.25, -0.2) is 0 Å². The summed E-state index contributed by atoms with van der Waals surface area (Å²) in [7, 11) is 5.22. The van der Waals surface area contributed by atoms with E-state index < -0.39 is 0 Å². The molecule has 0 radical (unpaired) electrons. The van der Waals surface area contributed by atoms with Gasteiger partial charge in [-0.1, -0.05) is 0 Å². The van der Waals surface area contributed by atoms with Crippen LogP contribution in [0.25, 0.3) is 11.8 Å². The summed E-state index contributed by atoms with van der Waals surface area (Å²) in [5.74, 6) is 1.70. The number of ether oxygens (including phenoxy) is 2. The molecule has 1 aromatic rings. The molecule has 5 heteroatoms. The number of hydrogen-bond acceptors (Lipinski definition) is 3. The highest BCUT2D eigenvalue weighted by Crippen LogP contribution is 2.47. The highest BCUT2D eigenvalue weighted by atomic mass is 79.9. The molecule has 0 heterocycles. The molecular formula is C11H13Br2NO2. The first-order valence-corrected chi connectivity index (χ1v) is 5.36. The van der Waals surface area contributed by atoms with E-state index in [2.05, 4.69) is 21.2 Å². The van der Waals surface area contributed by atoms with E-state index in [4.69, 9.17) is 9.47 Å². The summed E-state index contributed by atoms with van der Waals surface area (Å²) in [4.78, 5) is 0. The highest BCUT2D eigenvalue weighted by Gasteiger charge is 2.26. The smallest absolute Gasteiger partial charge is 0.141 e. The molecule has 16 heavy (non-hydrogen) atoms. The summed E-state index contributed by atoms with van der Waals surface area (Å²) >= 11 is 3.45. The molecule has 3 nitrogen and oxygen atoms in total. The summed E-state index contributed by atoms with van der Waals surface area (Å²) < 4.78 is 11.6. The molecule has 88 valence electrons. The maximum Gasteiger partial charge on any atom is 0.141 e. The van der Waals surface area contributed by atoms with Crippen LogP contribution < -0.4 is 14.8 Å². The summed E-state index contributed by atoms with van der Waals surface area (Å²) in [5.41, 5.74) is 3.24. The van der Waals surface area contributed by atoms with Gasteiger partial charge in [-0.15, -0.1) is 17.0 Å². The zero-order valence-electron chi connectivity index (χ0n) is 9.26. The SMILES string of the molecule is Br.CNC1=Cc2c(OC)c(Br)cc(OC)c21. The highest BCUT2D eigenvalue weighted by molar-refractivity contribution is 9.10. The monoisotopic (exact) mass is 349 g/mol. The summed E-state index contributed by atoms with van der Waals surface area (Å²) in [6.07, 6.45) is 2.04. The minimum absolute atomic E-state index is 0. The van der Waals surface area contributed by atoms with Crippen molar-refractivity contribution in [1.82, 2.24) is 5.32 Å². The molecule has 1 aromatic carbocycles. The predicted octanol–water partition coefficient (Wildman–Crippen LogP) is 3.08. The minimum Gasteiger partial charge on any atom is -0.496 e. The Hall–Kier alpha value is -0.680. The van der Waals surface area contributed by atoms with Crippen LogP contribution in [0.5, 0.6) is 11.5 Å². The van der Waals surface area contributed by atoms with Gasteiger partial charge in [-0.05, 0) is 28.1 Å². The van der Waals surface area contributed by atoms with Gasteiger partial charge in [0.05, 0.1) is 24.3 Å². The number of hydrogen-bond donors (Lipinski definition) is 1. The Bertz CT molecular complexity index is 444. The lowest BCUT2D eigenvalue weighted by Crippen LogP contribution is -2.14. The van der Waals surface area contributed by atoms with Gasteiger partial charge in [-0.3, -0.25) is 0 Å². The van der Waals surface area contributed by atoms with Crippen LogP contribution in [0.3, 0.4) is 0 Å². The first-order valence-electron chi connectivity index (χ1n) is 4.57. The molecule has 1 aliphatic rings. The Morgan fingerprint density at radius 2 is 1.94 bits per heavy atom. The third-order valence-corrected chi connectivity index (χ3v) is 3.08. The standard InChI is InChI=1S/C11H12BrNO2.BrH/c1-13-8-4-6-10(8)9(14-2)5-7(12)11(6)15-3;/h4-5,13H,1-3H3;1H. The summed E-state index contributed by atoms with van der Waals surface area (Å²) in [6.45, 7) is 0. The normalized spacial score (nSPS) is 11.6. The summed E-state index contributed by atoms with van der Waals surface area (Å²) in [6, 6.07) is 1.92. The van der Waals surface area contributed by atoms with Crippen LogP contribution in [0.4, 0.5) is 0 Å². The molecule has 0 saturated carbocycles. The second kappa shape index (κ2) is 5.10. The third-order valence-electron chi connectivity index (χ3n) is 2.49. The van der Waals surface area contributed by atoms with E-state index in [1.165, 1.54) is 0 Å². The van der Waals surface area contributed by atoms with E-state index in [-0.39, 0.29) is 17.0 Å². The Kier molecular flexibility index (Phi) is 4.27. The Balaban J connectivity index is 0.00000128. The zero-order chi connectivity index (χ0) is 11.0. The maximum absolute atomic E-state index is 5.33. The van der Waals surface area contributed by atoms with Gasteiger partial charge in [-0.2, -0.15) is 0 Å². The molecule has 0 fully saturated rings. The number of methoxy groups -OCH3 is 2. The van der Waals surface area contributed by atoms with Crippen molar-refractivity contribution < 1.29 is 9.47 Å². The van der Waals surface area contributed by atoms with Crippen LogP contribution in [0.15, 0.2) is 10.5 Å². The van der Waals surface area contributed by atoms with E-state index >= 15 is 0 Å². The number of benzene rings is 1. The number of halogens is 2. The Morgan fingerprint density at radius 3 is 2.44 bits per heavy atom. The van der Waals surface area contributed by atoms with Gasteiger partial charge in [0.1, 0.15) is 11.5 Å². The molecule has 0 spiro atoms. The number of rotatable bonds is 3. The topological polar surface area (TPSA) is 30.5 Å². The molecule has 0 saturated heterocycles. The first-order chi connectivity index (χ1) is 7.22. The Labute approximate surface area is 114 Å². The predicted molar refractivity (Wildman–Crippen MR) is 74.5 cm³/mol. The van der Waals surface area contributed by atoms with Gasteiger partial charge in [0.15, 0.2) is 0 Å². The van der Waals surface area contributed by atoms with E-state index in [0.29, 0.717) is 0 Å². The van der Waals surface area contributed by atoms with E-state index in [9.17, 15) is 0 Å². The van der Waals surface area contributed by atoms with Crippen LogP contribution in [0, 0.1) is 0 Å². The fourth-order valence-corrected chi connectivity index (χ4v) is 2.33. The van der Waals surface area contributed by atoms with Crippen molar-refractivity contribution in [2.45, 2.75) is 0 Å². The Morgan fingerprint density at radius 1 is 1.25 bits per heavy atom. The molecule has 1 aliphatic carbocycles. The molecule has 0 atom stereocenters. The van der Waals surface area contributed by atoms with Crippen LogP contribution >= 0.6 is 32.9 Å². The van der Waals surface area contributed by atoms with E-state index in [1.807, 2.05) is 19.2 Å². The van der Waals surface area contributed by atoms with Crippen molar-refractivity contribution in [2.75, 3.05) is 21.3 Å². The minimum atomic E-state index is 0. The first kappa shape index (κ1) is 13.4. The molecule has 1 N–H and O–H groups in total. The number of nitrogens with one attached hydrogen (secondary N) is 1. The van der Waals surface area contributed by atoms with Crippen molar-refractivity contribution in [3.05, 3.63) is 21.7 Å². The molecule has 0 aromatic heterocycles. The van der Waals surface area contributed by atoms with Gasteiger partial charge < -0.3 is 14.8 Å². The average Bonchev–Trinajstić information content (AvgIpc) is 2.20. The van der Waals surface area contributed by atoms with Gasteiger partial charge in [0.2, 0.25) is 0 Å². The van der Waals surface area contributed by atoms with Crippen molar-refractivity contribution in [3.8, 4) is 11.5 Å². The van der Waals surface area contributed by atoms with Crippen molar-refractivity contribution in [2.24, 2.45) is 0 Å². The molecule has 2 rings (SSSR count). The maximum atomic E-state index is 5.33. The molecule has 0 bridgehead atoms. The number of fused-ring (bicyclic) bond motifs is 1. The van der Waals surface area contributed by atoms with Gasteiger partial charge in [0.25, 0.3) is 0 Å². The molecule has 0 amide bonds. The summed E-state index contributed by atoms with van der Waals surface area (Å²) in [5, 5.41) is 3.11. The van der Waals surface area contributed by atoms with Crippen molar-refractivity contribution in [3.63, 3.8) is 0 Å². The average molecular weight is 351 g/mol. The second-order valence-electron chi connectivity index (χ2n) is 3.19. The van der Waals surface area contributed by atoms with Crippen molar-refractivity contribution in [1.29, 1.82) is 0 Å². The fraction of sp³-hybridized carbons (Fsp3) is 0.273. The zero-order valence-corrected chi connectivity index (χ0v) is 12.6. The molecule has 0 unspecified atom stereocenters. The van der Waals surface area contributed by atoms with E-state index in [1.54, 1.807) is 14.2 Å². The van der Waals surface area contributed by atoms with Gasteiger partial charge in [0, 0.05) is 18.3 Å². The molecular weight excluding hydrogens is 338 g/mol. The largest absolute Gasteiger partial charge is 0.496 e. The lowest BCUT2D eigenvalue weighted by atomic mass is 9.91. The van der Waals surface area contributed by atoms with Crippen LogP contribution in [0.2, 0.25) is 0 Å². The van der Waals surface area contributed by atoms with Crippen LogP contribution in [-0.4, -0.2) is 21.3 Å². The third kappa shape index (κ3) is 1.82.